The van der Waals surface area contributed by atoms with Crippen LogP contribution in [0.5, 0.6) is 0 Å². The lowest BCUT2D eigenvalue weighted by Crippen LogP contribution is -2.35. The predicted molar refractivity (Wildman–Crippen MR) is 80.2 cm³/mol. The first-order valence-electron chi connectivity index (χ1n) is 7.02. The fourth-order valence-electron chi connectivity index (χ4n) is 1.87. The van der Waals surface area contributed by atoms with Gasteiger partial charge in [0.05, 0.1) is 18.7 Å². The highest BCUT2D eigenvalue weighted by atomic mass is 19.1. The van der Waals surface area contributed by atoms with Crippen molar-refractivity contribution in [3.05, 3.63) is 35.1 Å². The third-order valence-electron chi connectivity index (χ3n) is 2.97. The Morgan fingerprint density at radius 1 is 1.43 bits per heavy atom. The number of halogens is 1. The molecule has 1 aromatic rings. The second-order valence-corrected chi connectivity index (χ2v) is 4.57. The number of unbranched alkanes of at least 4 members (excludes halogenated alkanes) is 1. The molecule has 0 aliphatic carbocycles. The molecule has 0 aromatic heterocycles. The second-order valence-electron chi connectivity index (χ2n) is 4.57. The van der Waals surface area contributed by atoms with Crippen LogP contribution in [0.3, 0.4) is 0 Å². The monoisotopic (exact) mass is 292 g/mol. The summed E-state index contributed by atoms with van der Waals surface area (Å²) in [6, 6.07) is 4.25. The molecule has 0 aliphatic rings. The van der Waals surface area contributed by atoms with Gasteiger partial charge in [0.15, 0.2) is 0 Å². The van der Waals surface area contributed by atoms with Crippen LogP contribution in [0.4, 0.5) is 4.39 Å². The number of nitrogens with zero attached hydrogens (tertiary/aromatic N) is 1. The van der Waals surface area contributed by atoms with Gasteiger partial charge in [-0.3, -0.25) is 4.79 Å². The number of amides is 1. The van der Waals surface area contributed by atoms with Crippen molar-refractivity contribution in [2.45, 2.75) is 19.8 Å². The van der Waals surface area contributed by atoms with Crippen molar-refractivity contribution in [3.63, 3.8) is 0 Å². The molecule has 21 heavy (non-hydrogen) atoms. The maximum absolute atomic E-state index is 14.0. The zero-order valence-corrected chi connectivity index (χ0v) is 12.2. The summed E-state index contributed by atoms with van der Waals surface area (Å²) in [6.45, 7) is 2.77. The van der Waals surface area contributed by atoms with E-state index in [2.05, 4.69) is 11.8 Å². The lowest BCUT2D eigenvalue weighted by molar-refractivity contribution is 0.0714. The molecule has 0 heterocycles. The van der Waals surface area contributed by atoms with E-state index in [0.29, 0.717) is 12.1 Å². The topological polar surface area (TPSA) is 66.6 Å². The van der Waals surface area contributed by atoms with Crippen molar-refractivity contribution >= 4 is 5.91 Å². The van der Waals surface area contributed by atoms with E-state index < -0.39 is 11.7 Å². The van der Waals surface area contributed by atoms with E-state index in [4.69, 9.17) is 10.8 Å². The summed E-state index contributed by atoms with van der Waals surface area (Å²) in [5.41, 5.74) is 5.74. The molecule has 4 nitrogen and oxygen atoms in total. The molecular weight excluding hydrogens is 271 g/mol. The van der Waals surface area contributed by atoms with Crippen molar-refractivity contribution < 1.29 is 14.3 Å². The number of hydrogen-bond donors (Lipinski definition) is 2. The molecule has 0 radical (unpaired) electrons. The molecule has 0 fully saturated rings. The van der Waals surface area contributed by atoms with Gasteiger partial charge in [-0.15, -0.1) is 0 Å². The smallest absolute Gasteiger partial charge is 0.256 e. The fraction of sp³-hybridized carbons (Fsp3) is 0.438. The average Bonchev–Trinajstić information content (AvgIpc) is 2.48. The molecular formula is C16H21FN2O2. The summed E-state index contributed by atoms with van der Waals surface area (Å²) in [5.74, 6) is 4.34. The number of benzene rings is 1. The largest absolute Gasteiger partial charge is 0.395 e. The number of aliphatic hydroxyl groups is 1. The number of carbonyl (C=O) groups excluding carboxylic acids is 1. The predicted octanol–water partition coefficient (Wildman–Crippen LogP) is 1.37. The van der Waals surface area contributed by atoms with Crippen LogP contribution >= 0.6 is 0 Å². The van der Waals surface area contributed by atoms with Gasteiger partial charge in [-0.05, 0) is 24.6 Å². The minimum absolute atomic E-state index is 0.00199. The van der Waals surface area contributed by atoms with E-state index in [1.807, 2.05) is 6.92 Å². The maximum atomic E-state index is 14.0. The average molecular weight is 292 g/mol. The summed E-state index contributed by atoms with van der Waals surface area (Å²) in [5, 5.41) is 9.02. The standard InChI is InChI=1S/C16H21FN2O2/c1-2-3-9-19(10-11-20)16(21)14-7-6-13(5-4-8-18)12-15(14)17/h6-7,12,20H,2-3,8-11,18H2,1H3. The van der Waals surface area contributed by atoms with Gasteiger partial charge >= 0.3 is 0 Å². The van der Waals surface area contributed by atoms with Gasteiger partial charge in [0.1, 0.15) is 5.82 Å². The first kappa shape index (κ1) is 17.2. The van der Waals surface area contributed by atoms with Crippen molar-refractivity contribution in [1.29, 1.82) is 0 Å². The Kier molecular flexibility index (Phi) is 7.44. The van der Waals surface area contributed by atoms with Crippen LogP contribution in [-0.2, 0) is 0 Å². The van der Waals surface area contributed by atoms with Gasteiger partial charge in [-0.25, -0.2) is 4.39 Å². The Morgan fingerprint density at radius 2 is 2.19 bits per heavy atom. The van der Waals surface area contributed by atoms with Gasteiger partial charge in [0.2, 0.25) is 0 Å². The quantitative estimate of drug-likeness (QED) is 0.778. The molecule has 3 N–H and O–H groups in total. The lowest BCUT2D eigenvalue weighted by atomic mass is 10.1. The highest BCUT2D eigenvalue weighted by Gasteiger charge is 2.18. The van der Waals surface area contributed by atoms with Crippen LogP contribution in [0.25, 0.3) is 0 Å². The molecule has 0 bridgehead atoms. The van der Waals surface area contributed by atoms with Crippen molar-refractivity contribution in [1.82, 2.24) is 4.90 Å². The molecule has 0 atom stereocenters. The van der Waals surface area contributed by atoms with E-state index in [0.717, 1.165) is 12.8 Å². The highest BCUT2D eigenvalue weighted by Crippen LogP contribution is 2.13. The van der Waals surface area contributed by atoms with Crippen LogP contribution in [-0.4, -0.2) is 42.2 Å². The number of hydrogen-bond acceptors (Lipinski definition) is 3. The first-order valence-corrected chi connectivity index (χ1v) is 7.02. The number of aliphatic hydroxyl groups excluding tert-OH is 1. The molecule has 1 aromatic carbocycles. The normalized spacial score (nSPS) is 9.90. The molecule has 0 aliphatic heterocycles. The van der Waals surface area contributed by atoms with Gasteiger partial charge < -0.3 is 15.7 Å². The van der Waals surface area contributed by atoms with Crippen LogP contribution in [0.2, 0.25) is 0 Å². The summed E-state index contributed by atoms with van der Waals surface area (Å²) in [6.07, 6.45) is 1.73. The minimum atomic E-state index is -0.608. The Labute approximate surface area is 124 Å². The Hall–Kier alpha value is -1.90. The third-order valence-corrected chi connectivity index (χ3v) is 2.97. The molecule has 0 saturated carbocycles. The van der Waals surface area contributed by atoms with E-state index in [-0.39, 0.29) is 25.3 Å². The molecule has 0 unspecified atom stereocenters. The summed E-state index contributed by atoms with van der Waals surface area (Å²) < 4.78 is 14.0. The van der Waals surface area contributed by atoms with Crippen LogP contribution < -0.4 is 5.73 Å². The third kappa shape index (κ3) is 5.18. The van der Waals surface area contributed by atoms with Crippen molar-refractivity contribution in [2.24, 2.45) is 5.73 Å². The fourth-order valence-corrected chi connectivity index (χ4v) is 1.87. The maximum Gasteiger partial charge on any atom is 0.256 e. The molecule has 1 amide bonds. The van der Waals surface area contributed by atoms with Crippen LogP contribution in [0.15, 0.2) is 18.2 Å². The summed E-state index contributed by atoms with van der Waals surface area (Å²) in [4.78, 5) is 13.8. The minimum Gasteiger partial charge on any atom is -0.395 e. The SMILES string of the molecule is CCCCN(CCO)C(=O)c1ccc(C#CCN)cc1F. The van der Waals surface area contributed by atoms with Crippen LogP contribution in [0, 0.1) is 17.7 Å². The first-order chi connectivity index (χ1) is 10.1. The van der Waals surface area contributed by atoms with Gasteiger partial charge in [0.25, 0.3) is 5.91 Å². The van der Waals surface area contributed by atoms with Crippen LogP contribution in [0.1, 0.15) is 35.7 Å². The lowest BCUT2D eigenvalue weighted by Gasteiger charge is -2.21. The summed E-state index contributed by atoms with van der Waals surface area (Å²) >= 11 is 0. The number of carbonyl (C=O) groups is 1. The van der Waals surface area contributed by atoms with Gasteiger partial charge in [0, 0.05) is 18.7 Å². The zero-order valence-electron chi connectivity index (χ0n) is 12.2. The number of nitrogens with two attached hydrogens (primary N) is 1. The Bertz CT molecular complexity index is 535. The Balaban J connectivity index is 2.94. The zero-order chi connectivity index (χ0) is 15.7. The molecule has 114 valence electrons. The second kappa shape index (κ2) is 9.11. The highest BCUT2D eigenvalue weighted by molar-refractivity contribution is 5.94. The van der Waals surface area contributed by atoms with Crippen molar-refractivity contribution in [3.8, 4) is 11.8 Å². The van der Waals surface area contributed by atoms with E-state index >= 15 is 0 Å². The Morgan fingerprint density at radius 3 is 2.76 bits per heavy atom. The molecule has 5 heteroatoms. The van der Waals surface area contributed by atoms with Crippen molar-refractivity contribution in [2.75, 3.05) is 26.2 Å². The van der Waals surface area contributed by atoms with Gasteiger partial charge in [-0.2, -0.15) is 0 Å². The molecule has 1 rings (SSSR count). The number of rotatable bonds is 6. The summed E-state index contributed by atoms with van der Waals surface area (Å²) in [7, 11) is 0. The van der Waals surface area contributed by atoms with E-state index in [9.17, 15) is 9.18 Å². The van der Waals surface area contributed by atoms with E-state index in [1.54, 1.807) is 6.07 Å². The van der Waals surface area contributed by atoms with Gasteiger partial charge in [-0.1, -0.05) is 25.2 Å². The molecule has 0 saturated heterocycles. The molecule has 0 spiro atoms. The van der Waals surface area contributed by atoms with E-state index in [1.165, 1.54) is 17.0 Å².